The molecule has 1 aliphatic heterocycles. The van der Waals surface area contributed by atoms with E-state index >= 15 is 0 Å². The summed E-state index contributed by atoms with van der Waals surface area (Å²) in [6, 6.07) is 10.5. The van der Waals surface area contributed by atoms with Crippen molar-refractivity contribution >= 4 is 45.0 Å². The number of amides is 1. The third-order valence-electron chi connectivity index (χ3n) is 6.60. The number of thiazole rings is 1. The molecule has 1 N–H and O–H groups in total. The number of nitrogens with one attached hydrogen (secondary N) is 1. The van der Waals surface area contributed by atoms with Crippen molar-refractivity contribution in [2.24, 2.45) is 7.05 Å². The molecule has 8 heteroatoms. The van der Waals surface area contributed by atoms with Gasteiger partial charge in [0, 0.05) is 66.0 Å². The van der Waals surface area contributed by atoms with Gasteiger partial charge in [0.25, 0.3) is 0 Å². The highest BCUT2D eigenvalue weighted by atomic mass is 32.1. The third kappa shape index (κ3) is 4.46. The number of nitrogens with zero attached hydrogens (tertiary/aromatic N) is 5. The first-order chi connectivity index (χ1) is 16.5. The maximum absolute atomic E-state index is 12.8. The van der Waals surface area contributed by atoms with Gasteiger partial charge in [-0.3, -0.25) is 9.48 Å². The van der Waals surface area contributed by atoms with Crippen molar-refractivity contribution in [1.82, 2.24) is 24.6 Å². The number of piperidine rings is 1. The van der Waals surface area contributed by atoms with E-state index in [1.165, 1.54) is 0 Å². The average molecular weight is 473 g/mol. The van der Waals surface area contributed by atoms with Gasteiger partial charge in [-0.15, -0.1) is 11.3 Å². The monoisotopic (exact) mass is 472 g/mol. The van der Waals surface area contributed by atoms with Crippen LogP contribution in [0, 0.1) is 13.8 Å². The van der Waals surface area contributed by atoms with Gasteiger partial charge in [-0.2, -0.15) is 5.10 Å². The minimum Gasteiger partial charge on any atom is -0.339 e. The standard InChI is InChI=1S/C26H28N6OS/c1-17-21(18(2)31(3)30-17)8-9-24(33)32-13-10-19(11-14-32)23-16-20-6-4-5-7-22(20)25(28-23)29-26-27-12-15-34-26/h4-9,12,15-16,19H,10-11,13-14H2,1-3H3,(H,27,28,29)/b9-8+. The number of benzene rings is 1. The number of carbonyl (C=O) groups is 1. The molecule has 1 amide bonds. The van der Waals surface area contributed by atoms with Crippen LogP contribution in [0.3, 0.4) is 0 Å². The summed E-state index contributed by atoms with van der Waals surface area (Å²) in [5.74, 6) is 1.21. The molecule has 0 saturated carbocycles. The number of hydrogen-bond acceptors (Lipinski definition) is 6. The molecule has 7 nitrogen and oxygen atoms in total. The Morgan fingerprint density at radius 3 is 2.71 bits per heavy atom. The summed E-state index contributed by atoms with van der Waals surface area (Å²) in [6.07, 6.45) is 7.16. The molecule has 4 heterocycles. The number of fused-ring (bicyclic) bond motifs is 1. The Bertz CT molecular complexity index is 1350. The van der Waals surface area contributed by atoms with Gasteiger partial charge in [0.1, 0.15) is 5.82 Å². The van der Waals surface area contributed by atoms with Crippen LogP contribution in [0.15, 0.2) is 48.0 Å². The molecule has 34 heavy (non-hydrogen) atoms. The van der Waals surface area contributed by atoms with E-state index in [1.54, 1.807) is 23.6 Å². The molecular weight excluding hydrogens is 444 g/mol. The Balaban J connectivity index is 1.30. The lowest BCUT2D eigenvalue weighted by molar-refractivity contribution is -0.126. The Labute approximate surface area is 203 Å². The van der Waals surface area contributed by atoms with Crippen LogP contribution in [0.5, 0.6) is 0 Å². The first-order valence-electron chi connectivity index (χ1n) is 11.5. The zero-order valence-corrected chi connectivity index (χ0v) is 20.5. The Kier molecular flexibility index (Phi) is 6.15. The van der Waals surface area contributed by atoms with Gasteiger partial charge >= 0.3 is 0 Å². The fourth-order valence-electron chi connectivity index (χ4n) is 4.60. The quantitative estimate of drug-likeness (QED) is 0.404. The van der Waals surface area contributed by atoms with Crippen LogP contribution in [0.4, 0.5) is 10.9 Å². The fraction of sp³-hybridized carbons (Fsp3) is 0.308. The zero-order chi connectivity index (χ0) is 23.7. The molecule has 1 fully saturated rings. The number of anilines is 2. The molecule has 0 atom stereocenters. The number of pyridine rings is 1. The van der Waals surface area contributed by atoms with Crippen LogP contribution in [-0.2, 0) is 11.8 Å². The largest absolute Gasteiger partial charge is 0.339 e. The van der Waals surface area contributed by atoms with Crippen LogP contribution >= 0.6 is 11.3 Å². The molecule has 1 aliphatic rings. The summed E-state index contributed by atoms with van der Waals surface area (Å²) >= 11 is 1.56. The van der Waals surface area contributed by atoms with E-state index in [2.05, 4.69) is 39.7 Å². The lowest BCUT2D eigenvalue weighted by Gasteiger charge is -2.31. The van der Waals surface area contributed by atoms with Crippen LogP contribution in [-0.4, -0.2) is 43.6 Å². The minimum atomic E-state index is 0.0544. The van der Waals surface area contributed by atoms with Crippen LogP contribution in [0.25, 0.3) is 16.8 Å². The topological polar surface area (TPSA) is 75.9 Å². The van der Waals surface area contributed by atoms with Crippen molar-refractivity contribution in [2.45, 2.75) is 32.6 Å². The molecule has 3 aromatic heterocycles. The van der Waals surface area contributed by atoms with E-state index in [4.69, 9.17) is 4.98 Å². The second-order valence-electron chi connectivity index (χ2n) is 8.72. The predicted molar refractivity (Wildman–Crippen MR) is 137 cm³/mol. The number of likely N-dealkylation sites (tertiary alicyclic amines) is 1. The molecule has 0 spiro atoms. The molecule has 0 unspecified atom stereocenters. The van der Waals surface area contributed by atoms with Gasteiger partial charge in [-0.1, -0.05) is 24.3 Å². The highest BCUT2D eigenvalue weighted by molar-refractivity contribution is 7.13. The summed E-state index contributed by atoms with van der Waals surface area (Å²) in [4.78, 5) is 24.1. The van der Waals surface area contributed by atoms with E-state index in [9.17, 15) is 4.79 Å². The van der Waals surface area contributed by atoms with Crippen molar-refractivity contribution in [3.63, 3.8) is 0 Å². The number of carbonyl (C=O) groups excluding carboxylic acids is 1. The van der Waals surface area contributed by atoms with Crippen molar-refractivity contribution < 1.29 is 4.79 Å². The van der Waals surface area contributed by atoms with Crippen LogP contribution in [0.1, 0.15) is 41.4 Å². The molecular formula is C26H28N6OS. The summed E-state index contributed by atoms with van der Waals surface area (Å²) < 4.78 is 1.85. The van der Waals surface area contributed by atoms with Gasteiger partial charge in [-0.05, 0) is 44.2 Å². The van der Waals surface area contributed by atoms with Crippen molar-refractivity contribution in [3.05, 3.63) is 70.6 Å². The van der Waals surface area contributed by atoms with E-state index in [1.807, 2.05) is 48.0 Å². The lowest BCUT2D eigenvalue weighted by atomic mass is 9.92. The van der Waals surface area contributed by atoms with Gasteiger partial charge < -0.3 is 10.2 Å². The molecule has 1 saturated heterocycles. The SMILES string of the molecule is Cc1nn(C)c(C)c1/C=C/C(=O)N1CCC(c2cc3ccccc3c(Nc3nccs3)n2)CC1. The molecule has 1 aromatic carbocycles. The summed E-state index contributed by atoms with van der Waals surface area (Å²) in [5.41, 5.74) is 4.09. The number of rotatable bonds is 5. The summed E-state index contributed by atoms with van der Waals surface area (Å²) in [7, 11) is 1.92. The number of hydrogen-bond donors (Lipinski definition) is 1. The smallest absolute Gasteiger partial charge is 0.246 e. The summed E-state index contributed by atoms with van der Waals surface area (Å²) in [5, 5.41) is 12.8. The van der Waals surface area contributed by atoms with Crippen LogP contribution in [0.2, 0.25) is 0 Å². The molecule has 5 rings (SSSR count). The van der Waals surface area contributed by atoms with E-state index in [-0.39, 0.29) is 5.91 Å². The highest BCUT2D eigenvalue weighted by Gasteiger charge is 2.25. The first kappa shape index (κ1) is 22.3. The Hall–Kier alpha value is -3.52. The van der Waals surface area contributed by atoms with Crippen LogP contribution < -0.4 is 5.32 Å². The third-order valence-corrected chi connectivity index (χ3v) is 7.29. The lowest BCUT2D eigenvalue weighted by Crippen LogP contribution is -2.37. The number of aryl methyl sites for hydroxylation is 2. The normalized spacial score (nSPS) is 14.9. The number of aromatic nitrogens is 4. The molecule has 4 aromatic rings. The van der Waals surface area contributed by atoms with E-state index < -0.39 is 0 Å². The highest BCUT2D eigenvalue weighted by Crippen LogP contribution is 2.33. The molecule has 174 valence electrons. The second-order valence-corrected chi connectivity index (χ2v) is 9.61. The van der Waals surface area contributed by atoms with Crippen molar-refractivity contribution in [1.29, 1.82) is 0 Å². The second kappa shape index (κ2) is 9.38. The first-order valence-corrected chi connectivity index (χ1v) is 12.4. The van der Waals surface area contributed by atoms with Gasteiger partial charge in [0.05, 0.1) is 5.69 Å². The zero-order valence-electron chi connectivity index (χ0n) is 19.7. The maximum atomic E-state index is 12.8. The van der Waals surface area contributed by atoms with Gasteiger partial charge in [0.2, 0.25) is 5.91 Å². The van der Waals surface area contributed by atoms with Crippen molar-refractivity contribution in [2.75, 3.05) is 18.4 Å². The molecule has 0 bridgehead atoms. The van der Waals surface area contributed by atoms with Crippen molar-refractivity contribution in [3.8, 4) is 0 Å². The van der Waals surface area contributed by atoms with E-state index in [0.29, 0.717) is 5.92 Å². The minimum absolute atomic E-state index is 0.0544. The maximum Gasteiger partial charge on any atom is 0.246 e. The Morgan fingerprint density at radius 2 is 2.00 bits per heavy atom. The summed E-state index contributed by atoms with van der Waals surface area (Å²) in [6.45, 7) is 5.44. The van der Waals surface area contributed by atoms with Gasteiger partial charge in [0.15, 0.2) is 5.13 Å². The molecule has 0 aliphatic carbocycles. The van der Waals surface area contributed by atoms with Gasteiger partial charge in [-0.25, -0.2) is 9.97 Å². The molecule has 0 radical (unpaired) electrons. The average Bonchev–Trinajstić information content (AvgIpc) is 3.45. The van der Waals surface area contributed by atoms with E-state index in [0.717, 1.165) is 70.3 Å². The Morgan fingerprint density at radius 1 is 1.21 bits per heavy atom. The predicted octanol–water partition coefficient (Wildman–Crippen LogP) is 5.20. The fourth-order valence-corrected chi connectivity index (χ4v) is 5.13.